The highest BCUT2D eigenvalue weighted by Crippen LogP contribution is 2.00. The number of guanidine groups is 1. The Hall–Kier alpha value is -1.59. The highest BCUT2D eigenvalue weighted by molar-refractivity contribution is 5.80. The van der Waals surface area contributed by atoms with Crippen LogP contribution in [0.2, 0.25) is 0 Å². The Bertz CT molecular complexity index is 377. The van der Waals surface area contributed by atoms with Crippen LogP contribution < -0.4 is 10.6 Å². The quantitative estimate of drug-likeness (QED) is 0.613. The molecule has 6 nitrogen and oxygen atoms in total. The van der Waals surface area contributed by atoms with Gasteiger partial charge in [-0.25, -0.2) is 4.99 Å². The second-order valence-electron chi connectivity index (χ2n) is 4.81. The van der Waals surface area contributed by atoms with E-state index in [1.54, 1.807) is 6.92 Å². The smallest absolute Gasteiger partial charge is 0.248 e. The van der Waals surface area contributed by atoms with Crippen LogP contribution in [0.25, 0.3) is 0 Å². The van der Waals surface area contributed by atoms with Crippen molar-refractivity contribution < 1.29 is 4.52 Å². The molecule has 0 fully saturated rings. The lowest BCUT2D eigenvalue weighted by Crippen LogP contribution is -2.47. The third-order valence-electron chi connectivity index (χ3n) is 1.78. The van der Waals surface area contributed by atoms with Crippen LogP contribution in [0, 0.1) is 6.92 Å². The van der Waals surface area contributed by atoms with Crippen molar-refractivity contribution in [1.29, 1.82) is 0 Å². The van der Waals surface area contributed by atoms with E-state index < -0.39 is 0 Å². The Morgan fingerprint density at radius 3 is 2.59 bits per heavy atom. The van der Waals surface area contributed by atoms with E-state index in [2.05, 4.69) is 46.5 Å². The maximum absolute atomic E-state index is 5.00. The van der Waals surface area contributed by atoms with Crippen molar-refractivity contribution in [3.63, 3.8) is 0 Å². The van der Waals surface area contributed by atoms with Gasteiger partial charge in [-0.15, -0.1) is 0 Å². The zero-order valence-corrected chi connectivity index (χ0v) is 11.2. The van der Waals surface area contributed by atoms with Crippen LogP contribution in [0.4, 0.5) is 0 Å². The molecule has 0 atom stereocenters. The van der Waals surface area contributed by atoms with Crippen molar-refractivity contribution in [2.75, 3.05) is 6.54 Å². The summed E-state index contributed by atoms with van der Waals surface area (Å²) >= 11 is 0. The SMILES string of the molecule is CCNC(=NCc1nc(C)no1)NC(C)(C)C. The average molecular weight is 239 g/mol. The lowest BCUT2D eigenvalue weighted by Gasteiger charge is -2.23. The molecular weight excluding hydrogens is 218 g/mol. The number of nitrogens with zero attached hydrogens (tertiary/aromatic N) is 3. The summed E-state index contributed by atoms with van der Waals surface area (Å²) in [4.78, 5) is 8.48. The van der Waals surface area contributed by atoms with E-state index in [0.29, 0.717) is 18.3 Å². The van der Waals surface area contributed by atoms with Crippen LogP contribution in [0.3, 0.4) is 0 Å². The van der Waals surface area contributed by atoms with Gasteiger partial charge in [0, 0.05) is 12.1 Å². The second kappa shape index (κ2) is 5.65. The van der Waals surface area contributed by atoms with E-state index in [4.69, 9.17) is 4.52 Å². The molecule has 0 saturated heterocycles. The minimum absolute atomic E-state index is 0.0359. The fourth-order valence-corrected chi connectivity index (χ4v) is 1.21. The van der Waals surface area contributed by atoms with Gasteiger partial charge in [-0.3, -0.25) is 0 Å². The van der Waals surface area contributed by atoms with Gasteiger partial charge in [-0.1, -0.05) is 5.16 Å². The molecule has 0 aromatic carbocycles. The van der Waals surface area contributed by atoms with E-state index in [1.165, 1.54) is 0 Å². The molecule has 2 N–H and O–H groups in total. The van der Waals surface area contributed by atoms with E-state index in [9.17, 15) is 0 Å². The number of rotatable bonds is 3. The molecule has 1 aromatic heterocycles. The molecule has 96 valence electrons. The molecule has 0 aliphatic heterocycles. The Kier molecular flexibility index (Phi) is 4.48. The summed E-state index contributed by atoms with van der Waals surface area (Å²) < 4.78 is 5.00. The summed E-state index contributed by atoms with van der Waals surface area (Å²) in [6.07, 6.45) is 0. The lowest BCUT2D eigenvalue weighted by molar-refractivity contribution is 0.376. The van der Waals surface area contributed by atoms with Crippen molar-refractivity contribution >= 4 is 5.96 Å². The predicted molar refractivity (Wildman–Crippen MR) is 66.7 cm³/mol. The van der Waals surface area contributed by atoms with Gasteiger partial charge in [0.15, 0.2) is 11.8 Å². The second-order valence-corrected chi connectivity index (χ2v) is 4.81. The molecular formula is C11H21N5O. The number of hydrogen-bond donors (Lipinski definition) is 2. The molecule has 17 heavy (non-hydrogen) atoms. The Morgan fingerprint density at radius 2 is 2.12 bits per heavy atom. The van der Waals surface area contributed by atoms with Gasteiger partial charge in [0.2, 0.25) is 5.89 Å². The number of aromatic nitrogens is 2. The summed E-state index contributed by atoms with van der Waals surface area (Å²) in [5.41, 5.74) is -0.0359. The van der Waals surface area contributed by atoms with Gasteiger partial charge in [0.25, 0.3) is 0 Å². The summed E-state index contributed by atoms with van der Waals surface area (Å²) in [5, 5.41) is 10.2. The van der Waals surface area contributed by atoms with Crippen LogP contribution in [0.5, 0.6) is 0 Å². The van der Waals surface area contributed by atoms with E-state index in [0.717, 1.165) is 12.5 Å². The van der Waals surface area contributed by atoms with Gasteiger partial charge < -0.3 is 15.2 Å². The first kappa shape index (κ1) is 13.5. The van der Waals surface area contributed by atoms with E-state index >= 15 is 0 Å². The molecule has 0 aliphatic rings. The van der Waals surface area contributed by atoms with Crippen molar-refractivity contribution in [2.24, 2.45) is 4.99 Å². The van der Waals surface area contributed by atoms with E-state index in [-0.39, 0.29) is 5.54 Å². The zero-order chi connectivity index (χ0) is 12.9. The molecule has 0 bridgehead atoms. The maximum Gasteiger partial charge on any atom is 0.248 e. The van der Waals surface area contributed by atoms with Gasteiger partial charge >= 0.3 is 0 Å². The Balaban J connectivity index is 2.63. The first-order valence-corrected chi connectivity index (χ1v) is 5.76. The fraction of sp³-hybridized carbons (Fsp3) is 0.727. The van der Waals surface area contributed by atoms with Gasteiger partial charge in [-0.05, 0) is 34.6 Å². The van der Waals surface area contributed by atoms with Crippen LogP contribution in [0.15, 0.2) is 9.52 Å². The predicted octanol–water partition coefficient (Wildman–Crippen LogP) is 1.23. The summed E-state index contributed by atoms with van der Waals surface area (Å²) in [6, 6.07) is 0. The molecule has 0 spiro atoms. The minimum Gasteiger partial charge on any atom is -0.357 e. The summed E-state index contributed by atoms with van der Waals surface area (Å²) in [5.74, 6) is 1.90. The number of aliphatic imine (C=N–C) groups is 1. The molecule has 0 aliphatic carbocycles. The largest absolute Gasteiger partial charge is 0.357 e. The number of nitrogens with one attached hydrogen (secondary N) is 2. The number of hydrogen-bond acceptors (Lipinski definition) is 4. The third-order valence-corrected chi connectivity index (χ3v) is 1.78. The highest BCUT2D eigenvalue weighted by Gasteiger charge is 2.12. The molecule has 1 heterocycles. The third kappa shape index (κ3) is 5.33. The van der Waals surface area contributed by atoms with Gasteiger partial charge in [-0.2, -0.15) is 4.98 Å². The standard InChI is InChI=1S/C11H21N5O/c1-6-12-10(15-11(3,4)5)13-7-9-14-8(2)16-17-9/h6-7H2,1-5H3,(H2,12,13,15). The normalized spacial score (nSPS) is 12.6. The summed E-state index contributed by atoms with van der Waals surface area (Å²) in [7, 11) is 0. The average Bonchev–Trinajstić information content (AvgIpc) is 2.59. The highest BCUT2D eigenvalue weighted by atomic mass is 16.5. The number of aryl methyl sites for hydroxylation is 1. The van der Waals surface area contributed by atoms with Crippen LogP contribution in [-0.2, 0) is 6.54 Å². The fourth-order valence-electron chi connectivity index (χ4n) is 1.21. The zero-order valence-electron chi connectivity index (χ0n) is 11.2. The van der Waals surface area contributed by atoms with Crippen molar-refractivity contribution in [3.05, 3.63) is 11.7 Å². The first-order chi connectivity index (χ1) is 7.90. The van der Waals surface area contributed by atoms with Gasteiger partial charge in [0.05, 0.1) is 0 Å². The topological polar surface area (TPSA) is 75.3 Å². The monoisotopic (exact) mass is 239 g/mol. The lowest BCUT2D eigenvalue weighted by atomic mass is 10.1. The molecule has 0 amide bonds. The molecule has 0 unspecified atom stereocenters. The van der Waals surface area contributed by atoms with E-state index in [1.807, 2.05) is 6.92 Å². The van der Waals surface area contributed by atoms with Crippen LogP contribution in [-0.4, -0.2) is 28.2 Å². The molecule has 0 radical (unpaired) electrons. The molecule has 1 rings (SSSR count). The minimum atomic E-state index is -0.0359. The van der Waals surface area contributed by atoms with Crippen molar-refractivity contribution in [3.8, 4) is 0 Å². The van der Waals surface area contributed by atoms with Crippen molar-refractivity contribution in [2.45, 2.75) is 46.7 Å². The van der Waals surface area contributed by atoms with Crippen molar-refractivity contribution in [1.82, 2.24) is 20.8 Å². The van der Waals surface area contributed by atoms with Gasteiger partial charge in [0.1, 0.15) is 6.54 Å². The van der Waals surface area contributed by atoms with Crippen LogP contribution >= 0.6 is 0 Å². The maximum atomic E-state index is 5.00. The summed E-state index contributed by atoms with van der Waals surface area (Å²) in [6.45, 7) is 11.2. The molecule has 1 aromatic rings. The van der Waals surface area contributed by atoms with Crippen LogP contribution in [0.1, 0.15) is 39.4 Å². The molecule has 6 heteroatoms. The molecule has 0 saturated carbocycles. The Morgan fingerprint density at radius 1 is 1.41 bits per heavy atom. The Labute approximate surface area is 102 Å². The first-order valence-electron chi connectivity index (χ1n) is 5.76.